The number of amides is 1. The van der Waals surface area contributed by atoms with Gasteiger partial charge < -0.3 is 15.7 Å². The SMILES string of the molecule is CCCC1(C(=O)O)CCCN(C(=O)CC(C)N)C1. The molecule has 0 saturated carbocycles. The number of hydrogen-bond acceptors (Lipinski definition) is 3. The number of carbonyl (C=O) groups excluding carboxylic acids is 1. The Morgan fingerprint density at radius 3 is 2.67 bits per heavy atom. The van der Waals surface area contributed by atoms with Crippen molar-refractivity contribution < 1.29 is 14.7 Å². The van der Waals surface area contributed by atoms with Gasteiger partial charge in [-0.2, -0.15) is 0 Å². The Morgan fingerprint density at radius 1 is 1.50 bits per heavy atom. The number of nitrogens with two attached hydrogens (primary N) is 1. The Morgan fingerprint density at radius 2 is 2.17 bits per heavy atom. The third-order valence-corrected chi connectivity index (χ3v) is 3.61. The van der Waals surface area contributed by atoms with E-state index < -0.39 is 11.4 Å². The van der Waals surface area contributed by atoms with Crippen LogP contribution in [0.5, 0.6) is 0 Å². The third-order valence-electron chi connectivity index (χ3n) is 3.61. The molecule has 3 N–H and O–H groups in total. The molecular weight excluding hydrogens is 232 g/mol. The molecule has 0 aliphatic carbocycles. The third kappa shape index (κ3) is 3.45. The predicted octanol–water partition coefficient (Wildman–Crippen LogP) is 1.22. The standard InChI is InChI=1S/C13H24N2O3/c1-3-5-13(12(17)18)6-4-7-15(9-13)11(16)8-10(2)14/h10H,3-9,14H2,1-2H3,(H,17,18). The zero-order valence-corrected chi connectivity index (χ0v) is 11.3. The fraction of sp³-hybridized carbons (Fsp3) is 0.846. The van der Waals surface area contributed by atoms with E-state index in [4.69, 9.17) is 5.73 Å². The van der Waals surface area contributed by atoms with Crippen molar-refractivity contribution in [3.63, 3.8) is 0 Å². The molecule has 0 spiro atoms. The molecule has 0 aromatic rings. The summed E-state index contributed by atoms with van der Waals surface area (Å²) in [6.45, 7) is 4.76. The Kier molecular flexibility index (Phi) is 5.14. The summed E-state index contributed by atoms with van der Waals surface area (Å²) >= 11 is 0. The minimum Gasteiger partial charge on any atom is -0.481 e. The summed E-state index contributed by atoms with van der Waals surface area (Å²) in [4.78, 5) is 25.1. The van der Waals surface area contributed by atoms with E-state index in [1.807, 2.05) is 6.92 Å². The average Bonchev–Trinajstić information content (AvgIpc) is 2.28. The Balaban J connectivity index is 2.74. The first kappa shape index (κ1) is 15.0. The second kappa shape index (κ2) is 6.18. The van der Waals surface area contributed by atoms with E-state index in [-0.39, 0.29) is 11.9 Å². The molecule has 0 aromatic carbocycles. The van der Waals surface area contributed by atoms with Gasteiger partial charge in [-0.05, 0) is 26.2 Å². The molecule has 2 unspecified atom stereocenters. The van der Waals surface area contributed by atoms with Crippen LogP contribution in [0.3, 0.4) is 0 Å². The Bertz CT molecular complexity index is 313. The first-order valence-electron chi connectivity index (χ1n) is 6.68. The molecule has 0 aromatic heterocycles. The first-order chi connectivity index (χ1) is 8.41. The molecule has 5 heteroatoms. The normalized spacial score (nSPS) is 25.8. The van der Waals surface area contributed by atoms with E-state index >= 15 is 0 Å². The number of carboxylic acid groups (broad SMARTS) is 1. The fourth-order valence-corrected chi connectivity index (χ4v) is 2.71. The molecule has 1 rings (SSSR count). The van der Waals surface area contributed by atoms with Crippen LogP contribution in [0, 0.1) is 5.41 Å². The largest absolute Gasteiger partial charge is 0.481 e. The smallest absolute Gasteiger partial charge is 0.311 e. The number of rotatable bonds is 5. The van der Waals surface area contributed by atoms with Crippen LogP contribution in [0.2, 0.25) is 0 Å². The van der Waals surface area contributed by atoms with E-state index in [1.165, 1.54) is 0 Å². The van der Waals surface area contributed by atoms with Gasteiger partial charge in [0.15, 0.2) is 0 Å². The lowest BCUT2D eigenvalue weighted by atomic mass is 9.76. The molecule has 1 saturated heterocycles. The number of aliphatic carboxylic acids is 1. The maximum Gasteiger partial charge on any atom is 0.311 e. The summed E-state index contributed by atoms with van der Waals surface area (Å²) in [5.41, 5.74) is 4.87. The Hall–Kier alpha value is -1.10. The first-order valence-corrected chi connectivity index (χ1v) is 6.68. The minimum atomic E-state index is -0.775. The molecule has 1 amide bonds. The van der Waals surface area contributed by atoms with Gasteiger partial charge in [-0.25, -0.2) is 0 Å². The highest BCUT2D eigenvalue weighted by molar-refractivity contribution is 5.80. The van der Waals surface area contributed by atoms with E-state index in [0.29, 0.717) is 32.4 Å². The predicted molar refractivity (Wildman–Crippen MR) is 69.1 cm³/mol. The van der Waals surface area contributed by atoms with Crippen LogP contribution in [0.15, 0.2) is 0 Å². The zero-order chi connectivity index (χ0) is 13.8. The van der Waals surface area contributed by atoms with Gasteiger partial charge in [0, 0.05) is 25.6 Å². The van der Waals surface area contributed by atoms with Crippen molar-refractivity contribution in [1.29, 1.82) is 0 Å². The van der Waals surface area contributed by atoms with Crippen molar-refractivity contribution in [2.24, 2.45) is 11.1 Å². The summed E-state index contributed by atoms with van der Waals surface area (Å²) < 4.78 is 0. The number of carboxylic acids is 1. The molecule has 1 aliphatic heterocycles. The van der Waals surface area contributed by atoms with Crippen molar-refractivity contribution >= 4 is 11.9 Å². The lowest BCUT2D eigenvalue weighted by Gasteiger charge is -2.40. The summed E-state index contributed by atoms with van der Waals surface area (Å²) in [5, 5.41) is 9.44. The van der Waals surface area contributed by atoms with Gasteiger partial charge in [-0.3, -0.25) is 9.59 Å². The molecule has 104 valence electrons. The Labute approximate surface area is 108 Å². The van der Waals surface area contributed by atoms with Crippen LogP contribution in [0.1, 0.15) is 46.0 Å². The highest BCUT2D eigenvalue weighted by Gasteiger charge is 2.42. The van der Waals surface area contributed by atoms with Gasteiger partial charge in [0.1, 0.15) is 0 Å². The van der Waals surface area contributed by atoms with Gasteiger partial charge in [-0.15, -0.1) is 0 Å². The summed E-state index contributed by atoms with van der Waals surface area (Å²) in [6.07, 6.45) is 3.17. The van der Waals surface area contributed by atoms with E-state index in [0.717, 1.165) is 12.8 Å². The average molecular weight is 256 g/mol. The highest BCUT2D eigenvalue weighted by Crippen LogP contribution is 2.35. The van der Waals surface area contributed by atoms with Crippen LogP contribution in [0.4, 0.5) is 0 Å². The number of likely N-dealkylation sites (tertiary alicyclic amines) is 1. The number of carbonyl (C=O) groups is 2. The summed E-state index contributed by atoms with van der Waals surface area (Å²) in [5.74, 6) is -0.797. The minimum absolute atomic E-state index is 0.0218. The highest BCUT2D eigenvalue weighted by atomic mass is 16.4. The van der Waals surface area contributed by atoms with Gasteiger partial charge >= 0.3 is 5.97 Å². The molecule has 2 atom stereocenters. The molecular formula is C13H24N2O3. The molecule has 0 radical (unpaired) electrons. The molecule has 0 bridgehead atoms. The van der Waals surface area contributed by atoms with Gasteiger partial charge in [-0.1, -0.05) is 13.3 Å². The number of piperidine rings is 1. The quantitative estimate of drug-likeness (QED) is 0.774. The second-order valence-electron chi connectivity index (χ2n) is 5.44. The molecule has 1 fully saturated rings. The maximum absolute atomic E-state index is 12.0. The molecule has 1 heterocycles. The maximum atomic E-state index is 12.0. The zero-order valence-electron chi connectivity index (χ0n) is 11.3. The van der Waals surface area contributed by atoms with Crippen molar-refractivity contribution in [1.82, 2.24) is 4.90 Å². The van der Waals surface area contributed by atoms with Gasteiger partial charge in [0.05, 0.1) is 5.41 Å². The van der Waals surface area contributed by atoms with Crippen LogP contribution >= 0.6 is 0 Å². The lowest BCUT2D eigenvalue weighted by molar-refractivity contribution is -0.155. The van der Waals surface area contributed by atoms with Crippen molar-refractivity contribution in [2.75, 3.05) is 13.1 Å². The van der Waals surface area contributed by atoms with Gasteiger partial charge in [0.2, 0.25) is 5.91 Å². The number of nitrogens with zero attached hydrogens (tertiary/aromatic N) is 1. The van der Waals surface area contributed by atoms with E-state index in [1.54, 1.807) is 11.8 Å². The van der Waals surface area contributed by atoms with Crippen LogP contribution in [-0.2, 0) is 9.59 Å². The van der Waals surface area contributed by atoms with Gasteiger partial charge in [0.25, 0.3) is 0 Å². The van der Waals surface area contributed by atoms with Crippen molar-refractivity contribution in [3.05, 3.63) is 0 Å². The topological polar surface area (TPSA) is 83.6 Å². The monoisotopic (exact) mass is 256 g/mol. The van der Waals surface area contributed by atoms with Crippen molar-refractivity contribution in [3.8, 4) is 0 Å². The van der Waals surface area contributed by atoms with Crippen LogP contribution in [0.25, 0.3) is 0 Å². The molecule has 5 nitrogen and oxygen atoms in total. The molecule has 1 aliphatic rings. The number of hydrogen-bond donors (Lipinski definition) is 2. The van der Waals surface area contributed by atoms with Crippen LogP contribution in [-0.4, -0.2) is 41.0 Å². The van der Waals surface area contributed by atoms with E-state index in [2.05, 4.69) is 0 Å². The molecule has 18 heavy (non-hydrogen) atoms. The summed E-state index contributed by atoms with van der Waals surface area (Å²) in [6, 6.07) is -0.176. The fourth-order valence-electron chi connectivity index (χ4n) is 2.71. The van der Waals surface area contributed by atoms with Crippen molar-refractivity contribution in [2.45, 2.75) is 52.0 Å². The second-order valence-corrected chi connectivity index (χ2v) is 5.44. The summed E-state index contributed by atoms with van der Waals surface area (Å²) in [7, 11) is 0. The lowest BCUT2D eigenvalue weighted by Crippen LogP contribution is -2.50. The van der Waals surface area contributed by atoms with E-state index in [9.17, 15) is 14.7 Å². The van der Waals surface area contributed by atoms with Crippen LogP contribution < -0.4 is 5.73 Å².